The van der Waals surface area contributed by atoms with Crippen LogP contribution in [0.15, 0.2) is 41.1 Å². The highest BCUT2D eigenvalue weighted by Gasteiger charge is 2.26. The number of nitrogens with one attached hydrogen (secondary N) is 1. The Labute approximate surface area is 203 Å². The van der Waals surface area contributed by atoms with E-state index in [0.29, 0.717) is 11.6 Å². The third-order valence-electron chi connectivity index (χ3n) is 5.86. The van der Waals surface area contributed by atoms with Gasteiger partial charge in [-0.25, -0.2) is 14.4 Å². The number of hydrogen-bond acceptors (Lipinski definition) is 8. The Morgan fingerprint density at radius 3 is 2.80 bits per heavy atom. The van der Waals surface area contributed by atoms with Crippen LogP contribution in [0.4, 0.5) is 14.5 Å². The standard InChI is InChI=1S/C23H23F2N7O2S/c1-2-34-15-5-3-14(4-6-15)32-11-17(21(31-32)20-16(24)7-8-19(25)30-20)28-22(33)18-12-35-23(29-18)13-9-26-27-10-13/h7-12,14-15H,2-6H2,1H3,(H,26,27)(H,28,33)/p-1. The summed E-state index contributed by atoms with van der Waals surface area (Å²) in [7, 11) is 0. The maximum Gasteiger partial charge on any atom is 0.213 e. The van der Waals surface area contributed by atoms with Gasteiger partial charge in [-0.15, -0.1) is 11.3 Å². The first-order valence-corrected chi connectivity index (χ1v) is 12.1. The largest absolute Gasteiger partial charge is 0.857 e. The van der Waals surface area contributed by atoms with Crippen molar-refractivity contribution in [2.24, 2.45) is 4.99 Å². The van der Waals surface area contributed by atoms with Gasteiger partial charge in [0.05, 0.1) is 30.2 Å². The van der Waals surface area contributed by atoms with E-state index in [0.717, 1.165) is 43.4 Å². The highest BCUT2D eigenvalue weighted by Crippen LogP contribution is 2.35. The molecule has 1 N–H and O–H groups in total. The van der Waals surface area contributed by atoms with Crippen molar-refractivity contribution in [2.45, 2.75) is 44.8 Å². The molecule has 12 heteroatoms. The van der Waals surface area contributed by atoms with E-state index in [2.05, 4.69) is 30.3 Å². The third-order valence-corrected chi connectivity index (χ3v) is 6.75. The van der Waals surface area contributed by atoms with Crippen molar-refractivity contribution in [3.8, 4) is 22.0 Å². The minimum atomic E-state index is -0.852. The molecule has 5 rings (SSSR count). The normalized spacial score (nSPS) is 18.8. The number of pyridine rings is 1. The Morgan fingerprint density at radius 2 is 2.06 bits per heavy atom. The molecule has 1 saturated carbocycles. The van der Waals surface area contributed by atoms with E-state index in [4.69, 9.17) is 4.74 Å². The second-order valence-corrected chi connectivity index (χ2v) is 8.99. The molecule has 0 spiro atoms. The fourth-order valence-corrected chi connectivity index (χ4v) is 4.93. The highest BCUT2D eigenvalue weighted by molar-refractivity contribution is 7.13. The van der Waals surface area contributed by atoms with Crippen LogP contribution in [0.1, 0.15) is 44.3 Å². The van der Waals surface area contributed by atoms with Crippen LogP contribution in [0.5, 0.6) is 0 Å². The van der Waals surface area contributed by atoms with Crippen molar-refractivity contribution in [2.75, 3.05) is 6.61 Å². The average Bonchev–Trinajstić information content (AvgIpc) is 3.62. The average molecular weight is 499 g/mol. The minimum Gasteiger partial charge on any atom is -0.857 e. The lowest BCUT2D eigenvalue weighted by molar-refractivity contribution is -0.213. The van der Waals surface area contributed by atoms with Gasteiger partial charge in [0.2, 0.25) is 5.95 Å². The number of thiazole rings is 1. The Kier molecular flexibility index (Phi) is 6.64. The van der Waals surface area contributed by atoms with Crippen molar-refractivity contribution < 1.29 is 18.6 Å². The lowest BCUT2D eigenvalue weighted by atomic mass is 9.93. The molecule has 0 unspecified atom stereocenters. The third kappa shape index (κ3) is 4.98. The molecule has 1 aliphatic rings. The van der Waals surface area contributed by atoms with Crippen LogP contribution >= 0.6 is 11.3 Å². The van der Waals surface area contributed by atoms with Crippen LogP contribution in [-0.4, -0.2) is 48.6 Å². The number of ether oxygens (including phenoxy) is 1. The summed E-state index contributed by atoms with van der Waals surface area (Å²) in [5, 5.41) is 26.2. The van der Waals surface area contributed by atoms with E-state index < -0.39 is 17.7 Å². The molecule has 0 aliphatic heterocycles. The summed E-state index contributed by atoms with van der Waals surface area (Å²) >= 11 is 1.28. The van der Waals surface area contributed by atoms with Crippen molar-refractivity contribution in [1.82, 2.24) is 29.9 Å². The zero-order chi connectivity index (χ0) is 24.4. The molecule has 0 saturated heterocycles. The molecule has 0 aromatic carbocycles. The van der Waals surface area contributed by atoms with Gasteiger partial charge in [-0.1, -0.05) is 0 Å². The van der Waals surface area contributed by atoms with E-state index in [-0.39, 0.29) is 34.9 Å². The number of aromatic nitrogens is 6. The molecule has 9 nitrogen and oxygen atoms in total. The molecular formula is C23H22F2N7O2S-. The van der Waals surface area contributed by atoms with Gasteiger partial charge in [0, 0.05) is 29.6 Å². The van der Waals surface area contributed by atoms with Crippen LogP contribution in [0.2, 0.25) is 0 Å². The zero-order valence-electron chi connectivity index (χ0n) is 18.8. The maximum atomic E-state index is 14.6. The van der Waals surface area contributed by atoms with Gasteiger partial charge in [-0.3, -0.25) is 14.8 Å². The zero-order valence-corrected chi connectivity index (χ0v) is 19.6. The second-order valence-electron chi connectivity index (χ2n) is 8.14. The van der Waals surface area contributed by atoms with Gasteiger partial charge in [-0.05, 0) is 44.7 Å². The lowest BCUT2D eigenvalue weighted by Crippen LogP contribution is -2.24. The number of nitrogens with zero attached hydrogens (tertiary/aromatic N) is 6. The molecule has 1 fully saturated rings. The van der Waals surface area contributed by atoms with Gasteiger partial charge < -0.3 is 9.84 Å². The van der Waals surface area contributed by atoms with Gasteiger partial charge in [0.1, 0.15) is 22.1 Å². The molecule has 4 heterocycles. The summed E-state index contributed by atoms with van der Waals surface area (Å²) in [4.78, 5) is 12.2. The molecule has 182 valence electrons. The Balaban J connectivity index is 1.49. The van der Waals surface area contributed by atoms with E-state index in [9.17, 15) is 13.9 Å². The summed E-state index contributed by atoms with van der Waals surface area (Å²) in [5.41, 5.74) is 0.700. The SMILES string of the molecule is CCOC1CCC(n2cc(N=C([O-])c3csc(-c4cn[nH]c4)n3)c(-c3nc(F)ccc3F)n2)CC1. The monoisotopic (exact) mass is 498 g/mol. The second kappa shape index (κ2) is 10.0. The molecule has 0 amide bonds. The topological polar surface area (TPSA) is 117 Å². The highest BCUT2D eigenvalue weighted by atomic mass is 32.1. The van der Waals surface area contributed by atoms with Crippen molar-refractivity contribution in [3.05, 3.63) is 53.6 Å². The van der Waals surface area contributed by atoms with Gasteiger partial charge in [0.25, 0.3) is 0 Å². The number of aliphatic imine (C=N–C) groups is 1. The quantitative estimate of drug-likeness (QED) is 0.234. The van der Waals surface area contributed by atoms with E-state index in [1.807, 2.05) is 6.92 Å². The maximum absolute atomic E-state index is 14.6. The number of H-pyrrole nitrogens is 1. The molecule has 1 aliphatic carbocycles. The summed E-state index contributed by atoms with van der Waals surface area (Å²) in [6.45, 7) is 2.63. The van der Waals surface area contributed by atoms with Gasteiger partial charge in [0.15, 0.2) is 5.82 Å². The fraction of sp³-hybridized carbons (Fsp3) is 0.348. The number of hydrogen-bond donors (Lipinski definition) is 1. The summed E-state index contributed by atoms with van der Waals surface area (Å²) in [6.07, 6.45) is 8.40. The first-order chi connectivity index (χ1) is 17.0. The molecule has 0 bridgehead atoms. The van der Waals surface area contributed by atoms with Crippen LogP contribution in [-0.2, 0) is 4.74 Å². The number of rotatable bonds is 7. The van der Waals surface area contributed by atoms with Crippen LogP contribution < -0.4 is 5.11 Å². The Morgan fingerprint density at radius 1 is 1.23 bits per heavy atom. The van der Waals surface area contributed by atoms with Crippen molar-refractivity contribution in [3.63, 3.8) is 0 Å². The van der Waals surface area contributed by atoms with Crippen LogP contribution in [0, 0.1) is 11.8 Å². The van der Waals surface area contributed by atoms with E-state index >= 15 is 0 Å². The molecule has 4 aromatic rings. The predicted molar refractivity (Wildman–Crippen MR) is 124 cm³/mol. The number of halogens is 2. The number of aromatic amines is 1. The lowest BCUT2D eigenvalue weighted by Gasteiger charge is -2.28. The fourth-order valence-electron chi connectivity index (χ4n) is 4.16. The van der Waals surface area contributed by atoms with E-state index in [1.54, 1.807) is 28.7 Å². The molecule has 35 heavy (non-hydrogen) atoms. The Hall–Kier alpha value is -3.51. The van der Waals surface area contributed by atoms with Gasteiger partial charge in [-0.2, -0.15) is 14.6 Å². The Bertz CT molecular complexity index is 1330. The summed E-state index contributed by atoms with van der Waals surface area (Å²) < 4.78 is 35.9. The molecule has 0 radical (unpaired) electrons. The summed E-state index contributed by atoms with van der Waals surface area (Å²) in [5.74, 6) is -2.22. The molecular weight excluding hydrogens is 476 g/mol. The van der Waals surface area contributed by atoms with Crippen molar-refractivity contribution in [1.29, 1.82) is 0 Å². The first kappa shape index (κ1) is 23.2. The first-order valence-electron chi connectivity index (χ1n) is 11.3. The summed E-state index contributed by atoms with van der Waals surface area (Å²) in [6, 6.07) is 1.93. The molecule has 0 atom stereocenters. The smallest absolute Gasteiger partial charge is 0.213 e. The van der Waals surface area contributed by atoms with Gasteiger partial charge >= 0.3 is 0 Å². The predicted octanol–water partition coefficient (Wildman–Crippen LogP) is 4.03. The minimum absolute atomic E-state index is 0.00701. The van der Waals surface area contributed by atoms with Crippen molar-refractivity contribution >= 4 is 22.9 Å². The van der Waals surface area contributed by atoms with E-state index in [1.165, 1.54) is 11.3 Å². The molecule has 4 aromatic heterocycles. The van der Waals surface area contributed by atoms with Crippen LogP contribution in [0.3, 0.4) is 0 Å². The van der Waals surface area contributed by atoms with Crippen LogP contribution in [0.25, 0.3) is 22.0 Å².